The predicted octanol–water partition coefficient (Wildman–Crippen LogP) is 1.96. The molecule has 4 rings (SSSR count). The van der Waals surface area contributed by atoms with Gasteiger partial charge in [-0.25, -0.2) is 4.39 Å². The maximum atomic E-state index is 14.4. The van der Waals surface area contributed by atoms with Crippen molar-refractivity contribution in [2.45, 2.75) is 50.2 Å². The molecule has 0 aromatic heterocycles. The summed E-state index contributed by atoms with van der Waals surface area (Å²) in [6, 6.07) is 5.18. The van der Waals surface area contributed by atoms with Crippen LogP contribution in [0.5, 0.6) is 0 Å². The number of benzene rings is 1. The average molecular weight is 464 g/mol. The Balaban J connectivity index is 1.48. The molecule has 0 radical (unpaired) electrons. The number of rotatable bonds is 8. The monoisotopic (exact) mass is 463 g/mol. The first-order valence-electron chi connectivity index (χ1n) is 11.4. The fourth-order valence-electron chi connectivity index (χ4n) is 4.90. The SMILES string of the molecule is CN/C=C(\CNC)c1cc(F)cc(CNC2NC(Cl)N(C)C3=C2NC(C2CCCC2)N3)c1. The number of nitrogens with one attached hydrogen (secondary N) is 6. The molecule has 6 N–H and O–H groups in total. The lowest BCUT2D eigenvalue weighted by Gasteiger charge is -2.36. The van der Waals surface area contributed by atoms with Gasteiger partial charge in [-0.15, -0.1) is 0 Å². The maximum Gasteiger partial charge on any atom is 0.160 e. The summed E-state index contributed by atoms with van der Waals surface area (Å²) in [5, 5.41) is 20.5. The molecular formula is C23H35ClFN7. The number of hydrogen-bond donors (Lipinski definition) is 6. The zero-order valence-corrected chi connectivity index (χ0v) is 19.8. The molecule has 32 heavy (non-hydrogen) atoms. The van der Waals surface area contributed by atoms with Crippen molar-refractivity contribution in [2.24, 2.45) is 5.92 Å². The summed E-state index contributed by atoms with van der Waals surface area (Å²) in [4.78, 5) is 2.02. The Morgan fingerprint density at radius 1 is 1.22 bits per heavy atom. The van der Waals surface area contributed by atoms with Crippen molar-refractivity contribution in [1.29, 1.82) is 0 Å². The molecule has 176 valence electrons. The summed E-state index contributed by atoms with van der Waals surface area (Å²) < 4.78 is 14.4. The summed E-state index contributed by atoms with van der Waals surface area (Å²) in [5.41, 5.74) is 3.47. The Kier molecular flexibility index (Phi) is 7.45. The van der Waals surface area contributed by atoms with Crippen LogP contribution in [-0.2, 0) is 6.54 Å². The van der Waals surface area contributed by atoms with E-state index in [0.717, 1.165) is 28.2 Å². The van der Waals surface area contributed by atoms with E-state index in [2.05, 4.69) is 31.9 Å². The van der Waals surface area contributed by atoms with Gasteiger partial charge in [0.25, 0.3) is 0 Å². The number of alkyl halides is 1. The van der Waals surface area contributed by atoms with Crippen molar-refractivity contribution in [1.82, 2.24) is 36.8 Å². The third-order valence-corrected chi connectivity index (χ3v) is 6.96. The molecule has 2 heterocycles. The highest BCUT2D eigenvalue weighted by atomic mass is 35.5. The number of nitrogens with zero attached hydrogens (tertiary/aromatic N) is 1. The number of likely N-dealkylation sites (N-methyl/N-ethyl adjacent to an activating group) is 1. The van der Waals surface area contributed by atoms with Crippen molar-refractivity contribution in [3.8, 4) is 0 Å². The van der Waals surface area contributed by atoms with Gasteiger partial charge in [-0.05, 0) is 60.7 Å². The zero-order chi connectivity index (χ0) is 22.7. The summed E-state index contributed by atoms with van der Waals surface area (Å²) in [5.74, 6) is 1.41. The van der Waals surface area contributed by atoms with Crippen molar-refractivity contribution in [2.75, 3.05) is 27.7 Å². The normalized spacial score (nSPS) is 26.2. The van der Waals surface area contributed by atoms with E-state index in [4.69, 9.17) is 11.6 Å². The van der Waals surface area contributed by atoms with Crippen LogP contribution in [0.15, 0.2) is 35.9 Å². The first-order valence-corrected chi connectivity index (χ1v) is 11.9. The Labute approximate surface area is 195 Å². The minimum atomic E-state index is -0.341. The Hall–Kier alpha value is -2.00. The van der Waals surface area contributed by atoms with E-state index < -0.39 is 0 Å². The standard InChI is InChI=1S/C23H35ClFN7/c1-26-12-17(13-27-2)16-8-14(9-18(25)10-16)11-28-21-19-22(32(3)23(24)31-21)30-20(29-19)15-6-4-5-7-15/h8-10,12,15,20-21,23,26-31H,4-7,11,13H2,1-3H3/b17-12+. The van der Waals surface area contributed by atoms with Gasteiger partial charge in [0, 0.05) is 33.4 Å². The molecule has 7 nitrogen and oxygen atoms in total. The van der Waals surface area contributed by atoms with Gasteiger partial charge in [0.1, 0.15) is 24.0 Å². The van der Waals surface area contributed by atoms with Crippen LogP contribution in [0.25, 0.3) is 5.57 Å². The van der Waals surface area contributed by atoms with Gasteiger partial charge < -0.3 is 26.2 Å². The quantitative estimate of drug-likeness (QED) is 0.260. The van der Waals surface area contributed by atoms with E-state index in [9.17, 15) is 4.39 Å². The molecule has 1 aliphatic carbocycles. The molecule has 3 unspecified atom stereocenters. The van der Waals surface area contributed by atoms with E-state index in [1.165, 1.54) is 25.7 Å². The summed E-state index contributed by atoms with van der Waals surface area (Å²) in [7, 11) is 5.71. The molecule has 3 atom stereocenters. The van der Waals surface area contributed by atoms with Crippen LogP contribution in [0.2, 0.25) is 0 Å². The molecule has 0 bridgehead atoms. The van der Waals surface area contributed by atoms with E-state index in [-0.39, 0.29) is 23.8 Å². The lowest BCUT2D eigenvalue weighted by molar-refractivity contribution is 0.253. The van der Waals surface area contributed by atoms with Crippen molar-refractivity contribution >= 4 is 17.2 Å². The molecule has 0 saturated heterocycles. The van der Waals surface area contributed by atoms with Gasteiger partial charge in [0.05, 0.1) is 5.70 Å². The first kappa shape index (κ1) is 23.2. The van der Waals surface area contributed by atoms with Crippen molar-refractivity contribution in [3.05, 3.63) is 52.9 Å². The van der Waals surface area contributed by atoms with Crippen LogP contribution in [0, 0.1) is 11.7 Å². The van der Waals surface area contributed by atoms with Crippen LogP contribution in [0.4, 0.5) is 4.39 Å². The molecular weight excluding hydrogens is 429 g/mol. The second-order valence-electron chi connectivity index (χ2n) is 8.84. The van der Waals surface area contributed by atoms with Crippen LogP contribution in [-0.4, -0.2) is 50.5 Å². The largest absolute Gasteiger partial charge is 0.394 e. The third-order valence-electron chi connectivity index (χ3n) is 6.54. The second kappa shape index (κ2) is 10.3. The minimum Gasteiger partial charge on any atom is -0.394 e. The van der Waals surface area contributed by atoms with Crippen LogP contribution < -0.4 is 31.9 Å². The number of halogens is 2. The first-order chi connectivity index (χ1) is 15.5. The van der Waals surface area contributed by atoms with E-state index in [1.54, 1.807) is 12.1 Å². The average Bonchev–Trinajstić information content (AvgIpc) is 3.45. The van der Waals surface area contributed by atoms with Crippen molar-refractivity contribution in [3.63, 3.8) is 0 Å². The lowest BCUT2D eigenvalue weighted by Crippen LogP contribution is -2.57. The van der Waals surface area contributed by atoms with Crippen LogP contribution >= 0.6 is 11.6 Å². The lowest BCUT2D eigenvalue weighted by atomic mass is 10.0. The molecule has 1 saturated carbocycles. The van der Waals surface area contributed by atoms with E-state index in [1.807, 2.05) is 38.3 Å². The van der Waals surface area contributed by atoms with Gasteiger partial charge in [0.2, 0.25) is 0 Å². The molecule has 9 heteroatoms. The maximum absolute atomic E-state index is 14.4. The fraction of sp³-hybridized carbons (Fsp3) is 0.565. The van der Waals surface area contributed by atoms with E-state index in [0.29, 0.717) is 19.0 Å². The van der Waals surface area contributed by atoms with Gasteiger partial charge in [-0.3, -0.25) is 10.6 Å². The van der Waals surface area contributed by atoms with E-state index >= 15 is 0 Å². The van der Waals surface area contributed by atoms with Gasteiger partial charge >= 0.3 is 0 Å². The van der Waals surface area contributed by atoms with Crippen LogP contribution in [0.1, 0.15) is 36.8 Å². The molecule has 3 aliphatic rings. The van der Waals surface area contributed by atoms with Gasteiger partial charge in [-0.2, -0.15) is 0 Å². The summed E-state index contributed by atoms with van der Waals surface area (Å²) in [6.07, 6.45) is 7.05. The molecule has 0 amide bonds. The van der Waals surface area contributed by atoms with Crippen molar-refractivity contribution < 1.29 is 4.39 Å². The predicted molar refractivity (Wildman–Crippen MR) is 128 cm³/mol. The highest BCUT2D eigenvalue weighted by Gasteiger charge is 2.40. The number of hydrogen-bond acceptors (Lipinski definition) is 7. The highest BCUT2D eigenvalue weighted by molar-refractivity contribution is 6.20. The van der Waals surface area contributed by atoms with Gasteiger partial charge in [-0.1, -0.05) is 24.4 Å². The van der Waals surface area contributed by atoms with Gasteiger partial charge in [0.15, 0.2) is 5.62 Å². The molecule has 1 aromatic carbocycles. The Bertz CT molecular complexity index is 868. The summed E-state index contributed by atoms with van der Waals surface area (Å²) >= 11 is 6.57. The fourth-order valence-corrected chi connectivity index (χ4v) is 5.12. The van der Waals surface area contributed by atoms with Crippen LogP contribution in [0.3, 0.4) is 0 Å². The second-order valence-corrected chi connectivity index (χ2v) is 9.25. The Morgan fingerprint density at radius 3 is 2.72 bits per heavy atom. The zero-order valence-electron chi connectivity index (χ0n) is 19.1. The summed E-state index contributed by atoms with van der Waals surface area (Å²) in [6.45, 7) is 1.16. The molecule has 0 spiro atoms. The molecule has 2 aliphatic heterocycles. The molecule has 1 aromatic rings. The third kappa shape index (κ3) is 4.98. The highest BCUT2D eigenvalue weighted by Crippen LogP contribution is 2.32. The Morgan fingerprint density at radius 2 is 2.00 bits per heavy atom. The smallest absolute Gasteiger partial charge is 0.160 e. The topological polar surface area (TPSA) is 75.4 Å². The minimum absolute atomic E-state index is 0.154. The molecule has 1 fully saturated rings.